The van der Waals surface area contributed by atoms with E-state index in [4.69, 9.17) is 4.74 Å². The van der Waals surface area contributed by atoms with Crippen LogP contribution in [0.15, 0.2) is 78.2 Å². The van der Waals surface area contributed by atoms with Crippen molar-refractivity contribution in [3.8, 4) is 0 Å². The van der Waals surface area contributed by atoms with Gasteiger partial charge >= 0.3 is 6.09 Å². The standard InChI is InChI=1S/C33H35F2N9O3/c1-19(26-8-3-4-10-36-26)41-32(46)47-18-20-9-11-37-27(12-20)31(45)42-22-6-5-7-23(14-22)43-33(2)28(35)17-40-30(44-33)25-16-39-29-24(25)13-21(34)15-38-29/h3-4,8-13,15-17,19,22-23,43H,5-7,14,18H2,1-2H3,(H,38,39)(H,40,44)(H,41,46)(H,42,45)/t19?,22-,23+,33?/m0/s1. The van der Waals surface area contributed by atoms with E-state index < -0.39 is 23.4 Å². The lowest BCUT2D eigenvalue weighted by atomic mass is 9.89. The molecule has 1 aliphatic carbocycles. The van der Waals surface area contributed by atoms with Crippen LogP contribution < -0.4 is 21.3 Å². The molecule has 4 atom stereocenters. The van der Waals surface area contributed by atoms with Crippen LogP contribution in [0.25, 0.3) is 11.0 Å². The fourth-order valence-electron chi connectivity index (χ4n) is 5.86. The first-order chi connectivity index (χ1) is 22.7. The number of amidine groups is 1. The molecule has 1 aliphatic heterocycles. The number of carbonyl (C=O) groups is 2. The maximum absolute atomic E-state index is 15.2. The number of halogens is 2. The lowest BCUT2D eigenvalue weighted by Gasteiger charge is -2.37. The van der Waals surface area contributed by atoms with Crippen molar-refractivity contribution in [1.82, 2.24) is 41.2 Å². The topological polar surface area (TPSA) is 158 Å². The van der Waals surface area contributed by atoms with Gasteiger partial charge in [-0.25, -0.2) is 23.6 Å². The van der Waals surface area contributed by atoms with Gasteiger partial charge in [-0.3, -0.25) is 20.1 Å². The number of alkyl carbamates (subject to hydrolysis) is 1. The third-order valence-electron chi connectivity index (χ3n) is 8.28. The van der Waals surface area contributed by atoms with Gasteiger partial charge in [0, 0.05) is 47.8 Å². The summed E-state index contributed by atoms with van der Waals surface area (Å²) in [5, 5.41) is 12.5. The van der Waals surface area contributed by atoms with Crippen LogP contribution in [0.3, 0.4) is 0 Å². The number of amides is 2. The lowest BCUT2D eigenvalue weighted by Crippen LogP contribution is -2.54. The van der Waals surface area contributed by atoms with E-state index in [1.54, 1.807) is 44.4 Å². The van der Waals surface area contributed by atoms with Crippen LogP contribution in [-0.2, 0) is 11.3 Å². The van der Waals surface area contributed by atoms with Crippen LogP contribution >= 0.6 is 0 Å². The highest BCUT2D eigenvalue weighted by atomic mass is 19.1. The minimum atomic E-state index is -1.38. The molecule has 14 heteroatoms. The highest BCUT2D eigenvalue weighted by molar-refractivity contribution is 6.09. The number of fused-ring (bicyclic) bond motifs is 1. The number of nitrogens with zero attached hydrogens (tertiary/aromatic N) is 4. The van der Waals surface area contributed by atoms with Crippen LogP contribution in [-0.4, -0.2) is 55.5 Å². The highest BCUT2D eigenvalue weighted by Crippen LogP contribution is 2.29. The van der Waals surface area contributed by atoms with Crippen molar-refractivity contribution in [3.05, 3.63) is 102 Å². The number of rotatable bonds is 9. The van der Waals surface area contributed by atoms with Crippen molar-refractivity contribution in [2.24, 2.45) is 4.99 Å². The molecule has 0 aromatic carbocycles. The van der Waals surface area contributed by atoms with E-state index in [2.05, 4.69) is 46.2 Å². The van der Waals surface area contributed by atoms with Gasteiger partial charge in [-0.2, -0.15) is 0 Å². The molecule has 244 valence electrons. The van der Waals surface area contributed by atoms with Crippen LogP contribution in [0.1, 0.15) is 72.9 Å². The van der Waals surface area contributed by atoms with E-state index in [1.807, 2.05) is 12.1 Å². The maximum Gasteiger partial charge on any atom is 0.407 e. The van der Waals surface area contributed by atoms with Gasteiger partial charge in [-0.1, -0.05) is 6.07 Å². The second-order valence-corrected chi connectivity index (χ2v) is 11.8. The Hall–Kier alpha value is -5.24. The number of aliphatic imine (C=N–C) groups is 1. The van der Waals surface area contributed by atoms with Crippen molar-refractivity contribution >= 4 is 28.9 Å². The van der Waals surface area contributed by atoms with E-state index in [0.29, 0.717) is 40.1 Å². The summed E-state index contributed by atoms with van der Waals surface area (Å²) in [6, 6.07) is 9.39. The van der Waals surface area contributed by atoms with Crippen LogP contribution in [0, 0.1) is 5.82 Å². The number of hydrogen-bond donors (Lipinski definition) is 5. The van der Waals surface area contributed by atoms with Gasteiger partial charge in [0.2, 0.25) is 0 Å². The normalized spacial score (nSPS) is 21.6. The summed E-state index contributed by atoms with van der Waals surface area (Å²) in [6.07, 6.45) is 9.43. The van der Waals surface area contributed by atoms with Crippen LogP contribution in [0.5, 0.6) is 0 Å². The Morgan fingerprint density at radius 1 is 1.11 bits per heavy atom. The number of ether oxygens (including phenoxy) is 1. The number of carbonyl (C=O) groups excluding carboxylic acids is 2. The first kappa shape index (κ1) is 31.7. The molecule has 2 unspecified atom stereocenters. The zero-order valence-electron chi connectivity index (χ0n) is 25.9. The number of aromatic nitrogens is 4. The molecular formula is C33H35F2N9O3. The molecule has 4 aromatic heterocycles. The van der Waals surface area contributed by atoms with Crippen molar-refractivity contribution in [3.63, 3.8) is 0 Å². The van der Waals surface area contributed by atoms with Crippen molar-refractivity contribution in [1.29, 1.82) is 0 Å². The Morgan fingerprint density at radius 3 is 2.79 bits per heavy atom. The minimum absolute atomic E-state index is 0.0436. The zero-order valence-corrected chi connectivity index (χ0v) is 25.9. The molecule has 5 heterocycles. The summed E-state index contributed by atoms with van der Waals surface area (Å²) in [4.78, 5) is 45.6. The SMILES string of the molecule is CC(NC(=O)OCc1ccnc(C(=O)N[C@H]2CCC[C@@H](NC3(C)N=C(c4c[nH]c5ncc(F)cc45)NC=C3F)C2)c1)c1ccccn1. The molecule has 0 saturated heterocycles. The molecule has 0 bridgehead atoms. The third-order valence-corrected chi connectivity index (χ3v) is 8.28. The molecule has 5 N–H and O–H groups in total. The average molecular weight is 644 g/mol. The Morgan fingerprint density at radius 2 is 1.96 bits per heavy atom. The molecule has 12 nitrogen and oxygen atoms in total. The Bertz CT molecular complexity index is 1830. The molecule has 6 rings (SSSR count). The van der Waals surface area contributed by atoms with E-state index >= 15 is 4.39 Å². The van der Waals surface area contributed by atoms with Gasteiger partial charge in [0.15, 0.2) is 11.5 Å². The zero-order chi connectivity index (χ0) is 33.0. The number of H-pyrrole nitrogens is 1. The first-order valence-electron chi connectivity index (χ1n) is 15.4. The van der Waals surface area contributed by atoms with Gasteiger partial charge in [0.25, 0.3) is 5.91 Å². The fourth-order valence-corrected chi connectivity index (χ4v) is 5.86. The molecule has 0 radical (unpaired) electrons. The molecule has 47 heavy (non-hydrogen) atoms. The van der Waals surface area contributed by atoms with Gasteiger partial charge in [0.05, 0.1) is 17.9 Å². The second kappa shape index (κ2) is 13.6. The van der Waals surface area contributed by atoms with Gasteiger partial charge in [-0.15, -0.1) is 0 Å². The van der Waals surface area contributed by atoms with E-state index in [-0.39, 0.29) is 36.3 Å². The molecule has 2 aliphatic rings. The average Bonchev–Trinajstić information content (AvgIpc) is 3.49. The number of aromatic amines is 1. The van der Waals surface area contributed by atoms with Gasteiger partial charge < -0.3 is 25.7 Å². The predicted molar refractivity (Wildman–Crippen MR) is 170 cm³/mol. The van der Waals surface area contributed by atoms with E-state index in [9.17, 15) is 14.0 Å². The molecule has 0 spiro atoms. The van der Waals surface area contributed by atoms with Crippen molar-refractivity contribution in [2.75, 3.05) is 0 Å². The van der Waals surface area contributed by atoms with Crippen molar-refractivity contribution < 1.29 is 23.1 Å². The maximum atomic E-state index is 15.2. The fraction of sp³-hybridized carbons (Fsp3) is 0.333. The number of pyridine rings is 3. The second-order valence-electron chi connectivity index (χ2n) is 11.8. The molecule has 1 saturated carbocycles. The molecule has 1 fully saturated rings. The smallest absolute Gasteiger partial charge is 0.407 e. The van der Waals surface area contributed by atoms with Crippen LogP contribution in [0.2, 0.25) is 0 Å². The summed E-state index contributed by atoms with van der Waals surface area (Å²) in [5.41, 5.74) is 1.19. The van der Waals surface area contributed by atoms with E-state index in [1.165, 1.54) is 18.5 Å². The molecule has 2 amide bonds. The Kier molecular flexibility index (Phi) is 9.20. The first-order valence-corrected chi connectivity index (χ1v) is 15.4. The highest BCUT2D eigenvalue weighted by Gasteiger charge is 2.37. The largest absolute Gasteiger partial charge is 0.445 e. The number of hydrogen-bond acceptors (Lipinski definition) is 9. The molecular weight excluding hydrogens is 608 g/mol. The quantitative estimate of drug-likeness (QED) is 0.176. The summed E-state index contributed by atoms with van der Waals surface area (Å²) >= 11 is 0. The Balaban J connectivity index is 1.05. The van der Waals surface area contributed by atoms with Crippen molar-refractivity contribution in [2.45, 2.75) is 69.9 Å². The molecule has 4 aromatic rings. The Labute approximate surface area is 269 Å². The van der Waals surface area contributed by atoms with E-state index in [0.717, 1.165) is 25.5 Å². The minimum Gasteiger partial charge on any atom is -0.445 e. The predicted octanol–water partition coefficient (Wildman–Crippen LogP) is 4.69. The summed E-state index contributed by atoms with van der Waals surface area (Å²) in [5.74, 6) is -0.974. The van der Waals surface area contributed by atoms with Crippen LogP contribution in [0.4, 0.5) is 13.6 Å². The van der Waals surface area contributed by atoms with Gasteiger partial charge in [-0.05, 0) is 75.4 Å². The summed E-state index contributed by atoms with van der Waals surface area (Å²) in [7, 11) is 0. The summed E-state index contributed by atoms with van der Waals surface area (Å²) < 4.78 is 34.5. The third kappa shape index (κ3) is 7.43. The number of nitrogens with one attached hydrogen (secondary N) is 5. The van der Waals surface area contributed by atoms with Gasteiger partial charge in [0.1, 0.15) is 29.6 Å². The monoisotopic (exact) mass is 643 g/mol. The summed E-state index contributed by atoms with van der Waals surface area (Å²) in [6.45, 7) is 3.41. The lowest BCUT2D eigenvalue weighted by molar-refractivity contribution is 0.0915.